The number of aryl methyl sites for hydroxylation is 1. The van der Waals surface area contributed by atoms with Gasteiger partial charge in [0.05, 0.1) is 5.69 Å². The number of aromatic amines is 1. The SMILES string of the molecule is CCc1ccc(-n2cnc(=S)[nH]2)cc1. The predicted molar refractivity (Wildman–Crippen MR) is 58.1 cm³/mol. The molecule has 1 heterocycles. The van der Waals surface area contributed by atoms with Crippen LogP contribution >= 0.6 is 12.2 Å². The monoisotopic (exact) mass is 205 g/mol. The van der Waals surface area contributed by atoms with E-state index >= 15 is 0 Å². The van der Waals surface area contributed by atoms with Crippen LogP contribution in [0.15, 0.2) is 30.6 Å². The van der Waals surface area contributed by atoms with Gasteiger partial charge in [-0.05, 0) is 36.3 Å². The van der Waals surface area contributed by atoms with Crippen LogP contribution in [0, 0.1) is 4.77 Å². The van der Waals surface area contributed by atoms with E-state index in [1.54, 1.807) is 6.33 Å². The Morgan fingerprint density at radius 2 is 2.07 bits per heavy atom. The average Bonchev–Trinajstić information content (AvgIpc) is 2.65. The molecule has 0 fully saturated rings. The van der Waals surface area contributed by atoms with Gasteiger partial charge in [0.1, 0.15) is 6.33 Å². The number of nitrogens with one attached hydrogen (secondary N) is 1. The third-order valence-electron chi connectivity index (χ3n) is 2.13. The molecule has 0 aliphatic rings. The largest absolute Gasteiger partial charge is 0.267 e. The fourth-order valence-corrected chi connectivity index (χ4v) is 1.44. The number of hydrogen-bond donors (Lipinski definition) is 1. The van der Waals surface area contributed by atoms with Gasteiger partial charge in [-0.2, -0.15) is 0 Å². The molecule has 14 heavy (non-hydrogen) atoms. The lowest BCUT2D eigenvalue weighted by Gasteiger charge is -2.02. The molecule has 4 heteroatoms. The Morgan fingerprint density at radius 3 is 2.57 bits per heavy atom. The number of hydrogen-bond acceptors (Lipinski definition) is 2. The van der Waals surface area contributed by atoms with Gasteiger partial charge in [0.2, 0.25) is 4.77 Å². The molecule has 0 unspecified atom stereocenters. The van der Waals surface area contributed by atoms with Gasteiger partial charge in [0.25, 0.3) is 0 Å². The van der Waals surface area contributed by atoms with Crippen molar-refractivity contribution in [2.45, 2.75) is 13.3 Å². The summed E-state index contributed by atoms with van der Waals surface area (Å²) in [6.07, 6.45) is 2.74. The standard InChI is InChI=1S/C10H11N3S/c1-2-8-3-5-9(6-4-8)13-7-11-10(14)12-13/h3-7H,2H2,1H3,(H,12,14). The Balaban J connectivity index is 2.38. The lowest BCUT2D eigenvalue weighted by atomic mass is 10.1. The fraction of sp³-hybridized carbons (Fsp3) is 0.200. The van der Waals surface area contributed by atoms with Crippen molar-refractivity contribution in [1.29, 1.82) is 0 Å². The molecule has 0 radical (unpaired) electrons. The molecule has 0 aliphatic heterocycles. The van der Waals surface area contributed by atoms with Gasteiger partial charge in [-0.25, -0.2) is 9.67 Å². The predicted octanol–water partition coefficient (Wildman–Crippen LogP) is 2.49. The van der Waals surface area contributed by atoms with Crippen LogP contribution in [0.4, 0.5) is 0 Å². The first-order valence-corrected chi connectivity index (χ1v) is 4.93. The third kappa shape index (κ3) is 1.75. The summed E-state index contributed by atoms with van der Waals surface area (Å²) in [5.74, 6) is 0. The van der Waals surface area contributed by atoms with E-state index in [2.05, 4.69) is 29.1 Å². The van der Waals surface area contributed by atoms with Crippen molar-refractivity contribution < 1.29 is 0 Å². The summed E-state index contributed by atoms with van der Waals surface area (Å²) >= 11 is 4.89. The smallest absolute Gasteiger partial charge is 0.213 e. The molecule has 0 atom stereocenters. The molecular weight excluding hydrogens is 194 g/mol. The van der Waals surface area contributed by atoms with E-state index in [4.69, 9.17) is 12.2 Å². The van der Waals surface area contributed by atoms with Crippen LogP contribution in [0.25, 0.3) is 5.69 Å². The summed E-state index contributed by atoms with van der Waals surface area (Å²) in [6.45, 7) is 2.14. The maximum Gasteiger partial charge on any atom is 0.213 e. The van der Waals surface area contributed by atoms with E-state index in [-0.39, 0.29) is 0 Å². The maximum absolute atomic E-state index is 4.89. The molecule has 1 N–H and O–H groups in total. The second kappa shape index (κ2) is 3.75. The molecule has 0 bridgehead atoms. The first-order valence-electron chi connectivity index (χ1n) is 4.52. The number of nitrogens with zero attached hydrogens (tertiary/aromatic N) is 2. The number of H-pyrrole nitrogens is 1. The maximum atomic E-state index is 4.89. The minimum atomic E-state index is 0.504. The van der Waals surface area contributed by atoms with Crippen molar-refractivity contribution >= 4 is 12.2 Å². The molecule has 1 aromatic carbocycles. The molecule has 3 nitrogen and oxygen atoms in total. The van der Waals surface area contributed by atoms with Crippen LogP contribution in [-0.4, -0.2) is 14.8 Å². The first kappa shape index (κ1) is 9.15. The normalized spacial score (nSPS) is 10.4. The quantitative estimate of drug-likeness (QED) is 0.764. The number of aromatic nitrogens is 3. The van der Waals surface area contributed by atoms with Gasteiger partial charge in [0, 0.05) is 0 Å². The molecule has 0 aliphatic carbocycles. The van der Waals surface area contributed by atoms with Crippen molar-refractivity contribution in [3.63, 3.8) is 0 Å². The highest BCUT2D eigenvalue weighted by atomic mass is 32.1. The van der Waals surface area contributed by atoms with Crippen LogP contribution < -0.4 is 0 Å². The summed E-state index contributed by atoms with van der Waals surface area (Å²) in [5, 5.41) is 2.95. The van der Waals surface area contributed by atoms with Crippen LogP contribution in [0.2, 0.25) is 0 Å². The van der Waals surface area contributed by atoms with Crippen LogP contribution in [0.5, 0.6) is 0 Å². The van der Waals surface area contributed by atoms with Crippen molar-refractivity contribution in [2.75, 3.05) is 0 Å². The molecule has 0 saturated heterocycles. The molecule has 2 rings (SSSR count). The number of benzene rings is 1. The summed E-state index contributed by atoms with van der Waals surface area (Å²) in [4.78, 5) is 3.96. The van der Waals surface area contributed by atoms with Gasteiger partial charge in [-0.3, -0.25) is 5.10 Å². The molecule has 2 aromatic rings. The van der Waals surface area contributed by atoms with E-state index in [0.717, 1.165) is 12.1 Å². The van der Waals surface area contributed by atoms with Gasteiger partial charge in [-0.15, -0.1) is 0 Å². The van der Waals surface area contributed by atoms with Gasteiger partial charge >= 0.3 is 0 Å². The van der Waals surface area contributed by atoms with Crippen molar-refractivity contribution in [2.24, 2.45) is 0 Å². The van der Waals surface area contributed by atoms with E-state index in [1.165, 1.54) is 5.56 Å². The molecule has 72 valence electrons. The minimum Gasteiger partial charge on any atom is -0.267 e. The van der Waals surface area contributed by atoms with Crippen molar-refractivity contribution in [1.82, 2.24) is 14.8 Å². The fourth-order valence-electron chi connectivity index (χ4n) is 1.29. The molecule has 1 aromatic heterocycles. The van der Waals surface area contributed by atoms with E-state index < -0.39 is 0 Å². The Bertz CT molecular complexity index is 467. The van der Waals surface area contributed by atoms with Gasteiger partial charge < -0.3 is 0 Å². The Hall–Kier alpha value is -1.42. The molecule has 0 spiro atoms. The van der Waals surface area contributed by atoms with E-state index in [9.17, 15) is 0 Å². The summed E-state index contributed by atoms with van der Waals surface area (Å²) in [5.41, 5.74) is 2.37. The zero-order chi connectivity index (χ0) is 9.97. The van der Waals surface area contributed by atoms with Crippen molar-refractivity contribution in [3.8, 4) is 5.69 Å². The lowest BCUT2D eigenvalue weighted by molar-refractivity contribution is 0.872. The van der Waals surface area contributed by atoms with E-state index in [1.807, 2.05) is 16.8 Å². The highest BCUT2D eigenvalue weighted by Crippen LogP contribution is 2.08. The second-order valence-corrected chi connectivity index (χ2v) is 3.44. The summed E-state index contributed by atoms with van der Waals surface area (Å²) in [7, 11) is 0. The molecular formula is C10H11N3S. The second-order valence-electron chi connectivity index (χ2n) is 3.05. The molecule has 0 saturated carbocycles. The zero-order valence-corrected chi connectivity index (χ0v) is 8.71. The highest BCUT2D eigenvalue weighted by Gasteiger charge is 1.95. The number of rotatable bonds is 2. The zero-order valence-electron chi connectivity index (χ0n) is 7.90. The Kier molecular flexibility index (Phi) is 2.45. The van der Waals surface area contributed by atoms with Gasteiger partial charge in [0.15, 0.2) is 0 Å². The highest BCUT2D eigenvalue weighted by molar-refractivity contribution is 7.71. The van der Waals surface area contributed by atoms with Crippen LogP contribution in [0.1, 0.15) is 12.5 Å². The summed E-state index contributed by atoms with van der Waals surface area (Å²) in [6, 6.07) is 8.30. The minimum absolute atomic E-state index is 0.504. The Morgan fingerprint density at radius 1 is 1.36 bits per heavy atom. The third-order valence-corrected chi connectivity index (χ3v) is 2.33. The van der Waals surface area contributed by atoms with E-state index in [0.29, 0.717) is 4.77 Å². The molecule has 0 amide bonds. The summed E-state index contributed by atoms with van der Waals surface area (Å²) < 4.78 is 2.31. The van der Waals surface area contributed by atoms with Crippen LogP contribution in [0.3, 0.4) is 0 Å². The van der Waals surface area contributed by atoms with Crippen LogP contribution in [-0.2, 0) is 6.42 Å². The van der Waals surface area contributed by atoms with Gasteiger partial charge in [-0.1, -0.05) is 19.1 Å². The lowest BCUT2D eigenvalue weighted by Crippen LogP contribution is -1.94. The van der Waals surface area contributed by atoms with Crippen molar-refractivity contribution in [3.05, 3.63) is 40.9 Å². The first-order chi connectivity index (χ1) is 6.79. The average molecular weight is 205 g/mol. The Labute approximate surface area is 87.4 Å². The topological polar surface area (TPSA) is 33.6 Å².